The second-order valence-electron chi connectivity index (χ2n) is 6.20. The first-order valence-electron chi connectivity index (χ1n) is 7.54. The first-order valence-corrected chi connectivity index (χ1v) is 9.09. The predicted octanol–water partition coefficient (Wildman–Crippen LogP) is 6.53. The highest BCUT2D eigenvalue weighted by molar-refractivity contribution is 9.10. The van der Waals surface area contributed by atoms with Crippen LogP contribution in [0.25, 0.3) is 0 Å². The summed E-state index contributed by atoms with van der Waals surface area (Å²) in [6.45, 7) is 0. The summed E-state index contributed by atoms with van der Waals surface area (Å²) in [6, 6.07) is 4.33. The Morgan fingerprint density at radius 2 is 1.60 bits per heavy atom. The first-order chi connectivity index (χ1) is 9.63. The molecule has 2 aliphatic rings. The monoisotopic (exact) mass is 375 g/mol. The van der Waals surface area contributed by atoms with E-state index in [1.165, 1.54) is 44.9 Å². The van der Waals surface area contributed by atoms with Crippen LogP contribution >= 0.6 is 39.1 Å². The van der Waals surface area contributed by atoms with Crippen LogP contribution in [0, 0.1) is 11.8 Å². The lowest BCUT2D eigenvalue weighted by Crippen LogP contribution is -2.34. The molecule has 3 rings (SSSR count). The normalized spacial score (nSPS) is 29.9. The molecule has 2 aliphatic carbocycles. The molecule has 1 aromatic carbocycles. The van der Waals surface area contributed by atoms with Crippen LogP contribution in [0.15, 0.2) is 16.6 Å². The number of benzene rings is 1. The number of fused-ring (bicyclic) bond motifs is 1. The largest absolute Gasteiger partial charge is 0.380 e. The van der Waals surface area contributed by atoms with Gasteiger partial charge in [0.15, 0.2) is 0 Å². The Labute approximate surface area is 139 Å². The molecule has 2 fully saturated rings. The van der Waals surface area contributed by atoms with Crippen molar-refractivity contribution in [1.29, 1.82) is 0 Å². The minimum absolute atomic E-state index is 0.519. The third kappa shape index (κ3) is 3.28. The zero-order chi connectivity index (χ0) is 14.1. The maximum absolute atomic E-state index is 6.31. The van der Waals surface area contributed by atoms with Gasteiger partial charge in [-0.1, -0.05) is 64.8 Å². The molecule has 0 spiro atoms. The summed E-state index contributed by atoms with van der Waals surface area (Å²) in [5.74, 6) is 1.88. The van der Waals surface area contributed by atoms with Crippen molar-refractivity contribution < 1.29 is 0 Å². The van der Waals surface area contributed by atoms with Crippen molar-refractivity contribution in [1.82, 2.24) is 0 Å². The van der Waals surface area contributed by atoms with Crippen molar-refractivity contribution in [2.24, 2.45) is 11.8 Å². The number of rotatable bonds is 2. The molecule has 1 nitrogen and oxygen atoms in total. The lowest BCUT2D eigenvalue weighted by Gasteiger charge is -2.40. The van der Waals surface area contributed by atoms with E-state index in [0.717, 1.165) is 22.0 Å². The third-order valence-electron chi connectivity index (χ3n) is 4.90. The summed E-state index contributed by atoms with van der Waals surface area (Å²) in [5, 5.41) is 5.00. The fourth-order valence-corrected chi connectivity index (χ4v) is 5.21. The van der Waals surface area contributed by atoms with Crippen LogP contribution in [-0.2, 0) is 0 Å². The van der Waals surface area contributed by atoms with Crippen molar-refractivity contribution in [2.45, 2.75) is 51.0 Å². The molecule has 0 aliphatic heterocycles. The highest BCUT2D eigenvalue weighted by Gasteiger charge is 2.32. The van der Waals surface area contributed by atoms with E-state index in [4.69, 9.17) is 23.2 Å². The average molecular weight is 377 g/mol. The maximum atomic E-state index is 6.31. The van der Waals surface area contributed by atoms with Crippen molar-refractivity contribution >= 4 is 44.8 Å². The van der Waals surface area contributed by atoms with Crippen LogP contribution in [0.1, 0.15) is 44.9 Å². The second-order valence-corrected chi connectivity index (χ2v) is 7.93. The summed E-state index contributed by atoms with van der Waals surface area (Å²) in [5.41, 5.74) is 0.899. The molecular formula is C16H20BrCl2N. The minimum atomic E-state index is 0.519. The van der Waals surface area contributed by atoms with Gasteiger partial charge in [-0.15, -0.1) is 0 Å². The summed E-state index contributed by atoms with van der Waals surface area (Å²) < 4.78 is 0.925. The van der Waals surface area contributed by atoms with Gasteiger partial charge in [0, 0.05) is 10.5 Å². The first kappa shape index (κ1) is 15.0. The van der Waals surface area contributed by atoms with Crippen LogP contribution in [0.5, 0.6) is 0 Å². The highest BCUT2D eigenvalue weighted by atomic mass is 79.9. The van der Waals surface area contributed by atoms with E-state index in [1.807, 2.05) is 12.1 Å². The molecule has 110 valence electrons. The number of nitrogens with one attached hydrogen (secondary N) is 1. The van der Waals surface area contributed by atoms with Crippen molar-refractivity contribution in [3.63, 3.8) is 0 Å². The van der Waals surface area contributed by atoms with Gasteiger partial charge in [-0.05, 0) is 43.2 Å². The fraction of sp³-hybridized carbons (Fsp3) is 0.625. The summed E-state index contributed by atoms with van der Waals surface area (Å²) >= 11 is 16.1. The summed E-state index contributed by atoms with van der Waals surface area (Å²) in [4.78, 5) is 0. The molecule has 3 unspecified atom stereocenters. The Morgan fingerprint density at radius 3 is 2.30 bits per heavy atom. The molecule has 0 radical (unpaired) electrons. The molecule has 2 saturated carbocycles. The minimum Gasteiger partial charge on any atom is -0.380 e. The highest BCUT2D eigenvalue weighted by Crippen LogP contribution is 2.42. The molecule has 20 heavy (non-hydrogen) atoms. The molecule has 0 aromatic heterocycles. The van der Waals surface area contributed by atoms with Gasteiger partial charge in [-0.2, -0.15) is 0 Å². The Balaban J connectivity index is 1.69. The molecule has 1 aromatic rings. The topological polar surface area (TPSA) is 12.0 Å². The third-order valence-corrected chi connectivity index (χ3v) is 5.95. The average Bonchev–Trinajstić information content (AvgIpc) is 2.42. The molecule has 1 N–H and O–H groups in total. The predicted molar refractivity (Wildman–Crippen MR) is 90.9 cm³/mol. The lowest BCUT2D eigenvalue weighted by atomic mass is 9.69. The van der Waals surface area contributed by atoms with Crippen molar-refractivity contribution in [3.05, 3.63) is 26.7 Å². The van der Waals surface area contributed by atoms with Crippen LogP contribution in [0.3, 0.4) is 0 Å². The second kappa shape index (κ2) is 6.46. The Kier molecular flexibility index (Phi) is 4.84. The van der Waals surface area contributed by atoms with Gasteiger partial charge >= 0.3 is 0 Å². The van der Waals surface area contributed by atoms with Crippen molar-refractivity contribution in [2.75, 3.05) is 5.32 Å². The standard InChI is InChI=1S/C16H20BrCl2N/c17-12-8-14(18)16(15(19)9-12)20-13-6-5-10-3-1-2-4-11(10)7-13/h8-11,13,20H,1-7H2. The molecule has 0 amide bonds. The van der Waals surface area contributed by atoms with Crippen LogP contribution < -0.4 is 5.32 Å². The van der Waals surface area contributed by atoms with Crippen LogP contribution in [0.4, 0.5) is 5.69 Å². The van der Waals surface area contributed by atoms with E-state index in [-0.39, 0.29) is 0 Å². The van der Waals surface area contributed by atoms with Gasteiger partial charge in [0.2, 0.25) is 0 Å². The molecule has 4 heteroatoms. The maximum Gasteiger partial charge on any atom is 0.0721 e. The van der Waals surface area contributed by atoms with Gasteiger partial charge in [0.1, 0.15) is 0 Å². The van der Waals surface area contributed by atoms with Crippen molar-refractivity contribution in [3.8, 4) is 0 Å². The number of halogens is 3. The molecule has 3 atom stereocenters. The van der Waals surface area contributed by atoms with E-state index >= 15 is 0 Å². The summed E-state index contributed by atoms with van der Waals surface area (Å²) in [6.07, 6.45) is 9.56. The van der Waals surface area contributed by atoms with E-state index in [9.17, 15) is 0 Å². The van der Waals surface area contributed by atoms with Gasteiger partial charge in [-0.3, -0.25) is 0 Å². The van der Waals surface area contributed by atoms with Crippen LogP contribution in [-0.4, -0.2) is 6.04 Å². The van der Waals surface area contributed by atoms with Crippen LogP contribution in [0.2, 0.25) is 10.0 Å². The SMILES string of the molecule is Clc1cc(Br)cc(Cl)c1NC1CCC2CCCCC2C1. The Bertz CT molecular complexity index is 468. The lowest BCUT2D eigenvalue weighted by molar-refractivity contribution is 0.162. The van der Waals surface area contributed by atoms with Gasteiger partial charge in [-0.25, -0.2) is 0 Å². The van der Waals surface area contributed by atoms with E-state index in [2.05, 4.69) is 21.2 Å². The van der Waals surface area contributed by atoms with Gasteiger partial charge in [0.05, 0.1) is 15.7 Å². The van der Waals surface area contributed by atoms with E-state index in [0.29, 0.717) is 16.1 Å². The van der Waals surface area contributed by atoms with E-state index in [1.54, 1.807) is 0 Å². The fourth-order valence-electron chi connectivity index (χ4n) is 3.89. The molecule has 0 saturated heterocycles. The summed E-state index contributed by atoms with van der Waals surface area (Å²) in [7, 11) is 0. The van der Waals surface area contributed by atoms with E-state index < -0.39 is 0 Å². The smallest absolute Gasteiger partial charge is 0.0721 e. The quantitative estimate of drug-likeness (QED) is 0.618. The molecular weight excluding hydrogens is 357 g/mol. The number of hydrogen-bond donors (Lipinski definition) is 1. The molecule has 0 bridgehead atoms. The Hall–Kier alpha value is 0.0800. The zero-order valence-corrected chi connectivity index (χ0v) is 14.6. The number of anilines is 1. The van der Waals surface area contributed by atoms with Gasteiger partial charge in [0.25, 0.3) is 0 Å². The Morgan fingerprint density at radius 1 is 0.950 bits per heavy atom. The van der Waals surface area contributed by atoms with Gasteiger partial charge < -0.3 is 5.32 Å². The molecule has 0 heterocycles. The zero-order valence-electron chi connectivity index (χ0n) is 11.5. The number of hydrogen-bond acceptors (Lipinski definition) is 1.